The van der Waals surface area contributed by atoms with E-state index in [2.05, 4.69) is 22.0 Å². The summed E-state index contributed by atoms with van der Waals surface area (Å²) in [5.41, 5.74) is 2.19. The van der Waals surface area contributed by atoms with Crippen molar-refractivity contribution < 1.29 is 9.90 Å². The van der Waals surface area contributed by atoms with Crippen molar-refractivity contribution in [3.63, 3.8) is 0 Å². The smallest absolute Gasteiger partial charge is 0.244 e. The Balaban J connectivity index is 1.71. The van der Waals surface area contributed by atoms with Gasteiger partial charge in [-0.05, 0) is 37.3 Å². The Morgan fingerprint density at radius 3 is 2.95 bits per heavy atom. The minimum atomic E-state index is -0.0849. The molecule has 1 aliphatic rings. The van der Waals surface area contributed by atoms with Crippen LogP contribution in [0, 0.1) is 5.92 Å². The molecule has 1 fully saturated rings. The van der Waals surface area contributed by atoms with Crippen LogP contribution in [-0.4, -0.2) is 28.2 Å². The third-order valence-electron chi connectivity index (χ3n) is 4.30. The second-order valence-corrected chi connectivity index (χ2v) is 6.01. The molecule has 4 heteroatoms. The average Bonchev–Trinajstić information content (AvgIpc) is 3.31. The Morgan fingerprint density at radius 1 is 1.45 bits per heavy atom. The molecule has 1 amide bonds. The molecule has 0 bridgehead atoms. The lowest BCUT2D eigenvalue weighted by atomic mass is 10.1. The normalized spacial score (nSPS) is 16.3. The molecule has 116 valence electrons. The lowest BCUT2D eigenvalue weighted by Gasteiger charge is -2.15. The maximum Gasteiger partial charge on any atom is 0.244 e. The van der Waals surface area contributed by atoms with Crippen LogP contribution in [0.2, 0.25) is 0 Å². The quantitative estimate of drug-likeness (QED) is 0.805. The number of hydrogen-bond acceptors (Lipinski definition) is 2. The lowest BCUT2D eigenvalue weighted by Crippen LogP contribution is -2.36. The van der Waals surface area contributed by atoms with Crippen molar-refractivity contribution in [2.45, 2.75) is 25.3 Å². The zero-order valence-electron chi connectivity index (χ0n) is 12.8. The number of benzene rings is 1. The maximum atomic E-state index is 12.1. The minimum absolute atomic E-state index is 0.0849. The number of nitrogens with zero attached hydrogens (tertiary/aromatic N) is 1. The van der Waals surface area contributed by atoms with Crippen molar-refractivity contribution in [2.24, 2.45) is 13.0 Å². The number of aliphatic hydroxyl groups excluding tert-OH is 1. The molecule has 1 heterocycles. The number of para-hydroxylation sites is 1. The third kappa shape index (κ3) is 3.22. The van der Waals surface area contributed by atoms with Gasteiger partial charge in [0.05, 0.1) is 0 Å². The molecule has 0 saturated heterocycles. The number of rotatable bonds is 6. The fourth-order valence-electron chi connectivity index (χ4n) is 2.97. The van der Waals surface area contributed by atoms with Crippen LogP contribution < -0.4 is 5.32 Å². The fourth-order valence-corrected chi connectivity index (χ4v) is 2.97. The highest BCUT2D eigenvalue weighted by atomic mass is 16.3. The molecule has 0 spiro atoms. The van der Waals surface area contributed by atoms with Gasteiger partial charge < -0.3 is 15.0 Å². The molecule has 1 aromatic heterocycles. The Bertz CT molecular complexity index is 698. The van der Waals surface area contributed by atoms with Crippen LogP contribution >= 0.6 is 0 Å². The first kappa shape index (κ1) is 14.9. The predicted molar refractivity (Wildman–Crippen MR) is 88.3 cm³/mol. The molecule has 2 aromatic rings. The summed E-state index contributed by atoms with van der Waals surface area (Å²) in [4.78, 5) is 12.1. The van der Waals surface area contributed by atoms with Gasteiger partial charge in [0.15, 0.2) is 0 Å². The summed E-state index contributed by atoms with van der Waals surface area (Å²) in [6.45, 7) is 0.120. The first-order chi connectivity index (χ1) is 10.7. The topological polar surface area (TPSA) is 54.3 Å². The molecule has 1 aromatic carbocycles. The van der Waals surface area contributed by atoms with Gasteiger partial charge >= 0.3 is 0 Å². The number of fused-ring (bicyclic) bond motifs is 1. The van der Waals surface area contributed by atoms with E-state index in [1.165, 1.54) is 0 Å². The van der Waals surface area contributed by atoms with Crippen LogP contribution in [0.5, 0.6) is 0 Å². The van der Waals surface area contributed by atoms with Gasteiger partial charge in [-0.15, -0.1) is 0 Å². The van der Waals surface area contributed by atoms with Crippen LogP contribution in [0.3, 0.4) is 0 Å². The Hall–Kier alpha value is -2.07. The summed E-state index contributed by atoms with van der Waals surface area (Å²) in [5.74, 6) is 0.459. The number of carbonyl (C=O) groups excluding carboxylic acids is 1. The summed E-state index contributed by atoms with van der Waals surface area (Å²) in [6, 6.07) is 8.25. The van der Waals surface area contributed by atoms with Crippen molar-refractivity contribution in [1.82, 2.24) is 9.88 Å². The van der Waals surface area contributed by atoms with Crippen molar-refractivity contribution >= 4 is 22.9 Å². The SMILES string of the molecule is Cn1cc(/C=C/C(=O)NC(CCO)C2CC2)c2ccccc21. The van der Waals surface area contributed by atoms with Gasteiger partial charge in [-0.25, -0.2) is 0 Å². The van der Waals surface area contributed by atoms with Crippen LogP contribution in [-0.2, 0) is 11.8 Å². The van der Waals surface area contributed by atoms with Gasteiger partial charge in [-0.1, -0.05) is 18.2 Å². The van der Waals surface area contributed by atoms with E-state index in [0.29, 0.717) is 12.3 Å². The summed E-state index contributed by atoms with van der Waals surface area (Å²) in [7, 11) is 2.00. The molecular weight excluding hydrogens is 276 g/mol. The predicted octanol–water partition coefficient (Wildman–Crippen LogP) is 2.47. The molecule has 1 aliphatic carbocycles. The highest BCUT2D eigenvalue weighted by molar-refractivity contribution is 5.96. The summed E-state index contributed by atoms with van der Waals surface area (Å²) < 4.78 is 2.06. The van der Waals surface area contributed by atoms with Crippen molar-refractivity contribution in [2.75, 3.05) is 6.61 Å². The van der Waals surface area contributed by atoms with Gasteiger partial charge in [0.2, 0.25) is 5.91 Å². The standard InChI is InChI=1S/C18H22N2O2/c1-20-12-14(15-4-2-3-5-17(15)20)8-9-18(22)19-16(10-11-21)13-6-7-13/h2-5,8-9,12-13,16,21H,6-7,10-11H2,1H3,(H,19,22)/b9-8+. The second kappa shape index (κ2) is 6.36. The van der Waals surface area contributed by atoms with Gasteiger partial charge in [0, 0.05) is 48.4 Å². The summed E-state index contributed by atoms with van der Waals surface area (Å²) in [5, 5.41) is 13.2. The van der Waals surface area contributed by atoms with E-state index in [4.69, 9.17) is 5.11 Å². The largest absolute Gasteiger partial charge is 0.396 e. The molecule has 1 unspecified atom stereocenters. The number of carbonyl (C=O) groups is 1. The Labute approximate surface area is 130 Å². The number of hydrogen-bond donors (Lipinski definition) is 2. The van der Waals surface area contributed by atoms with Crippen LogP contribution in [0.1, 0.15) is 24.8 Å². The molecule has 0 radical (unpaired) electrons. The van der Waals surface area contributed by atoms with Gasteiger partial charge in [-0.2, -0.15) is 0 Å². The first-order valence-electron chi connectivity index (χ1n) is 7.82. The van der Waals surface area contributed by atoms with Crippen LogP contribution in [0.25, 0.3) is 17.0 Å². The van der Waals surface area contributed by atoms with Gasteiger partial charge in [0.25, 0.3) is 0 Å². The summed E-state index contributed by atoms with van der Waals surface area (Å²) >= 11 is 0. The Kier molecular flexibility index (Phi) is 4.29. The van der Waals surface area contributed by atoms with E-state index in [-0.39, 0.29) is 18.6 Å². The Morgan fingerprint density at radius 2 is 2.23 bits per heavy atom. The van der Waals surface area contributed by atoms with Gasteiger partial charge in [0.1, 0.15) is 0 Å². The number of aliphatic hydroxyl groups is 1. The van der Waals surface area contributed by atoms with Crippen LogP contribution in [0.15, 0.2) is 36.5 Å². The lowest BCUT2D eigenvalue weighted by molar-refractivity contribution is -0.117. The zero-order chi connectivity index (χ0) is 15.5. The van der Waals surface area contributed by atoms with E-state index in [1.807, 2.05) is 31.5 Å². The van der Waals surface area contributed by atoms with Crippen molar-refractivity contribution in [3.05, 3.63) is 42.1 Å². The van der Waals surface area contributed by atoms with E-state index in [0.717, 1.165) is 29.3 Å². The van der Waals surface area contributed by atoms with Gasteiger partial charge in [-0.3, -0.25) is 4.79 Å². The first-order valence-corrected chi connectivity index (χ1v) is 7.82. The minimum Gasteiger partial charge on any atom is -0.396 e. The highest BCUT2D eigenvalue weighted by Crippen LogP contribution is 2.33. The fraction of sp³-hybridized carbons (Fsp3) is 0.389. The molecule has 4 nitrogen and oxygen atoms in total. The second-order valence-electron chi connectivity index (χ2n) is 6.01. The number of aryl methyl sites for hydroxylation is 1. The van der Waals surface area contributed by atoms with Crippen LogP contribution in [0.4, 0.5) is 0 Å². The number of aromatic nitrogens is 1. The third-order valence-corrected chi connectivity index (χ3v) is 4.30. The molecule has 0 aliphatic heterocycles. The van der Waals surface area contributed by atoms with E-state index in [1.54, 1.807) is 6.08 Å². The monoisotopic (exact) mass is 298 g/mol. The molecule has 22 heavy (non-hydrogen) atoms. The maximum absolute atomic E-state index is 12.1. The summed E-state index contributed by atoms with van der Waals surface area (Å²) in [6.07, 6.45) is 8.42. The molecule has 2 N–H and O–H groups in total. The number of amides is 1. The van der Waals surface area contributed by atoms with E-state index in [9.17, 15) is 4.79 Å². The highest BCUT2D eigenvalue weighted by Gasteiger charge is 2.31. The van der Waals surface area contributed by atoms with E-state index >= 15 is 0 Å². The molecule has 1 saturated carbocycles. The van der Waals surface area contributed by atoms with E-state index < -0.39 is 0 Å². The molecular formula is C18H22N2O2. The van der Waals surface area contributed by atoms with Crippen molar-refractivity contribution in [3.8, 4) is 0 Å². The zero-order valence-corrected chi connectivity index (χ0v) is 12.8. The molecule has 3 rings (SSSR count). The molecule has 1 atom stereocenters. The van der Waals surface area contributed by atoms with Crippen molar-refractivity contribution in [1.29, 1.82) is 0 Å². The average molecular weight is 298 g/mol. The number of nitrogens with one attached hydrogen (secondary N) is 1.